The average Bonchev–Trinajstić information content (AvgIpc) is 2.75. The minimum Gasteiger partial charge on any atom is -0.294 e. The summed E-state index contributed by atoms with van der Waals surface area (Å²) < 4.78 is 0.621. The van der Waals surface area contributed by atoms with Gasteiger partial charge in [-0.1, -0.05) is 48.9 Å². The van der Waals surface area contributed by atoms with Gasteiger partial charge in [-0.05, 0) is 12.1 Å². The summed E-state index contributed by atoms with van der Waals surface area (Å²) in [4.78, 5) is 7.66. The second-order valence-electron chi connectivity index (χ2n) is 3.87. The molecule has 0 radical (unpaired) electrons. The van der Waals surface area contributed by atoms with Gasteiger partial charge < -0.3 is 0 Å². The fourth-order valence-electron chi connectivity index (χ4n) is 1.70. The Morgan fingerprint density at radius 3 is 2.59 bits per heavy atom. The summed E-state index contributed by atoms with van der Waals surface area (Å²) in [7, 11) is 0. The van der Waals surface area contributed by atoms with Crippen molar-refractivity contribution in [1.29, 1.82) is 0 Å². The van der Waals surface area contributed by atoms with Crippen molar-refractivity contribution in [1.82, 2.24) is 9.88 Å². The van der Waals surface area contributed by atoms with E-state index in [1.807, 2.05) is 12.3 Å². The second kappa shape index (κ2) is 6.15. The van der Waals surface area contributed by atoms with Gasteiger partial charge in [0.05, 0.1) is 0 Å². The molecule has 17 heavy (non-hydrogen) atoms. The molecule has 0 bridgehead atoms. The van der Waals surface area contributed by atoms with Crippen molar-refractivity contribution in [2.45, 2.75) is 20.0 Å². The molecule has 1 aromatic carbocycles. The van der Waals surface area contributed by atoms with Crippen LogP contribution in [-0.2, 0) is 13.1 Å². The maximum absolute atomic E-state index is 5.84. The molecule has 0 amide bonds. The molecule has 1 heterocycles. The first-order valence-corrected chi connectivity index (χ1v) is 6.84. The van der Waals surface area contributed by atoms with Gasteiger partial charge in [0.2, 0.25) is 0 Å². The predicted molar refractivity (Wildman–Crippen MR) is 73.4 cm³/mol. The third-order valence-electron chi connectivity index (χ3n) is 2.60. The Morgan fingerprint density at radius 2 is 2.00 bits per heavy atom. The molecule has 0 atom stereocenters. The van der Waals surface area contributed by atoms with E-state index in [-0.39, 0.29) is 0 Å². The van der Waals surface area contributed by atoms with Crippen LogP contribution in [0.15, 0.2) is 36.5 Å². The molecule has 0 saturated carbocycles. The van der Waals surface area contributed by atoms with Crippen LogP contribution in [0.5, 0.6) is 0 Å². The Labute approximate surface area is 111 Å². The van der Waals surface area contributed by atoms with Gasteiger partial charge >= 0.3 is 0 Å². The summed E-state index contributed by atoms with van der Waals surface area (Å²) in [6, 6.07) is 10.5. The topological polar surface area (TPSA) is 16.1 Å². The van der Waals surface area contributed by atoms with E-state index in [4.69, 9.17) is 11.6 Å². The lowest BCUT2D eigenvalue weighted by atomic mass is 10.2. The first kappa shape index (κ1) is 12.6. The molecule has 90 valence electrons. The van der Waals surface area contributed by atoms with E-state index in [0.717, 1.165) is 19.6 Å². The third-order valence-corrected chi connectivity index (χ3v) is 3.70. The Balaban J connectivity index is 1.98. The summed E-state index contributed by atoms with van der Waals surface area (Å²) in [5.41, 5.74) is 1.34. The third kappa shape index (κ3) is 3.80. The summed E-state index contributed by atoms with van der Waals surface area (Å²) in [6.07, 6.45) is 1.86. The Kier molecular flexibility index (Phi) is 4.54. The fraction of sp³-hybridized carbons (Fsp3) is 0.308. The van der Waals surface area contributed by atoms with E-state index >= 15 is 0 Å². The first-order chi connectivity index (χ1) is 8.28. The van der Waals surface area contributed by atoms with Crippen LogP contribution in [0.4, 0.5) is 0 Å². The molecule has 0 saturated heterocycles. The van der Waals surface area contributed by atoms with Crippen LogP contribution in [0, 0.1) is 0 Å². The minimum absolute atomic E-state index is 0.621. The molecule has 0 fully saturated rings. The van der Waals surface area contributed by atoms with Crippen LogP contribution in [-0.4, -0.2) is 16.4 Å². The molecule has 2 aromatic rings. The van der Waals surface area contributed by atoms with E-state index in [9.17, 15) is 0 Å². The normalized spacial score (nSPS) is 11.0. The highest BCUT2D eigenvalue weighted by molar-refractivity contribution is 7.15. The highest BCUT2D eigenvalue weighted by Gasteiger charge is 2.07. The Morgan fingerprint density at radius 1 is 1.24 bits per heavy atom. The molecule has 2 nitrogen and oxygen atoms in total. The lowest BCUT2D eigenvalue weighted by Crippen LogP contribution is -2.21. The number of aromatic nitrogens is 1. The van der Waals surface area contributed by atoms with Gasteiger partial charge in [0.1, 0.15) is 0 Å². The van der Waals surface area contributed by atoms with Gasteiger partial charge in [0.15, 0.2) is 4.47 Å². The number of benzene rings is 1. The smallest absolute Gasteiger partial charge is 0.183 e. The number of halogens is 1. The summed E-state index contributed by atoms with van der Waals surface area (Å²) in [5.74, 6) is 0. The summed E-state index contributed by atoms with van der Waals surface area (Å²) >= 11 is 7.39. The van der Waals surface area contributed by atoms with Gasteiger partial charge in [-0.25, -0.2) is 4.98 Å². The number of hydrogen-bond donors (Lipinski definition) is 0. The first-order valence-electron chi connectivity index (χ1n) is 5.64. The van der Waals surface area contributed by atoms with Crippen LogP contribution in [0.25, 0.3) is 0 Å². The SMILES string of the molecule is CCN(Cc1ccccc1)Cc1cnc(Cl)s1. The maximum atomic E-state index is 5.84. The van der Waals surface area contributed by atoms with Crippen molar-refractivity contribution < 1.29 is 0 Å². The van der Waals surface area contributed by atoms with Crippen molar-refractivity contribution in [3.63, 3.8) is 0 Å². The van der Waals surface area contributed by atoms with Gasteiger partial charge in [0.25, 0.3) is 0 Å². The summed E-state index contributed by atoms with van der Waals surface area (Å²) in [5, 5.41) is 0. The molecule has 0 N–H and O–H groups in total. The van der Waals surface area contributed by atoms with E-state index in [1.54, 1.807) is 11.3 Å². The maximum Gasteiger partial charge on any atom is 0.183 e. The summed E-state index contributed by atoms with van der Waals surface area (Å²) in [6.45, 7) is 5.07. The number of thiazole rings is 1. The quantitative estimate of drug-likeness (QED) is 0.818. The molecule has 4 heteroatoms. The van der Waals surface area contributed by atoms with Crippen LogP contribution in [0.2, 0.25) is 4.47 Å². The lowest BCUT2D eigenvalue weighted by Gasteiger charge is -2.19. The Bertz CT molecular complexity index is 455. The highest BCUT2D eigenvalue weighted by atomic mass is 35.5. The zero-order valence-corrected chi connectivity index (χ0v) is 11.3. The molecule has 0 spiro atoms. The van der Waals surface area contributed by atoms with Crippen LogP contribution in [0.1, 0.15) is 17.4 Å². The average molecular weight is 267 g/mol. The molecular formula is C13H15ClN2S. The van der Waals surface area contributed by atoms with E-state index in [1.165, 1.54) is 10.4 Å². The number of rotatable bonds is 5. The van der Waals surface area contributed by atoms with E-state index in [2.05, 4.69) is 41.1 Å². The van der Waals surface area contributed by atoms with Crippen LogP contribution >= 0.6 is 22.9 Å². The van der Waals surface area contributed by atoms with Gasteiger partial charge in [-0.3, -0.25) is 4.90 Å². The van der Waals surface area contributed by atoms with Crippen molar-refractivity contribution in [3.8, 4) is 0 Å². The van der Waals surface area contributed by atoms with Crippen LogP contribution < -0.4 is 0 Å². The van der Waals surface area contributed by atoms with Crippen molar-refractivity contribution in [3.05, 3.63) is 51.4 Å². The van der Waals surface area contributed by atoms with E-state index < -0.39 is 0 Å². The van der Waals surface area contributed by atoms with Gasteiger partial charge in [0, 0.05) is 24.2 Å². The molecule has 0 aliphatic carbocycles. The molecular weight excluding hydrogens is 252 g/mol. The van der Waals surface area contributed by atoms with Gasteiger partial charge in [-0.2, -0.15) is 0 Å². The Hall–Kier alpha value is -0.900. The van der Waals surface area contributed by atoms with Crippen molar-refractivity contribution >= 4 is 22.9 Å². The monoisotopic (exact) mass is 266 g/mol. The lowest BCUT2D eigenvalue weighted by molar-refractivity contribution is 0.273. The molecule has 2 rings (SSSR count). The second-order valence-corrected chi connectivity index (χ2v) is 5.57. The van der Waals surface area contributed by atoms with Gasteiger partial charge in [-0.15, -0.1) is 11.3 Å². The van der Waals surface area contributed by atoms with Crippen molar-refractivity contribution in [2.75, 3.05) is 6.54 Å². The standard InChI is InChI=1S/C13H15ClN2S/c1-2-16(9-11-6-4-3-5-7-11)10-12-8-15-13(14)17-12/h3-8H,2,9-10H2,1H3. The highest BCUT2D eigenvalue weighted by Crippen LogP contribution is 2.20. The molecule has 0 aliphatic heterocycles. The van der Waals surface area contributed by atoms with Crippen molar-refractivity contribution in [2.24, 2.45) is 0 Å². The number of hydrogen-bond acceptors (Lipinski definition) is 3. The fourth-order valence-corrected chi connectivity index (χ4v) is 2.72. The molecule has 0 unspecified atom stereocenters. The molecule has 0 aliphatic rings. The minimum atomic E-state index is 0.621. The zero-order valence-electron chi connectivity index (χ0n) is 9.77. The van der Waals surface area contributed by atoms with E-state index in [0.29, 0.717) is 4.47 Å². The van der Waals surface area contributed by atoms with Crippen LogP contribution in [0.3, 0.4) is 0 Å². The zero-order chi connectivity index (χ0) is 12.1. The molecule has 1 aromatic heterocycles. The predicted octanol–water partition coefficient (Wildman–Crippen LogP) is 3.82. The largest absolute Gasteiger partial charge is 0.294 e. The number of nitrogens with zero attached hydrogens (tertiary/aromatic N) is 2.